The Kier molecular flexibility index (Phi) is 8.41. The summed E-state index contributed by atoms with van der Waals surface area (Å²) in [6.45, 7) is 2.70. The topological polar surface area (TPSA) is 93.1 Å². The van der Waals surface area contributed by atoms with Gasteiger partial charge < -0.3 is 14.6 Å². The van der Waals surface area contributed by atoms with Gasteiger partial charge in [-0.15, -0.1) is 0 Å². The first-order valence-electron chi connectivity index (χ1n) is 12.5. The summed E-state index contributed by atoms with van der Waals surface area (Å²) in [7, 11) is 0. The lowest BCUT2D eigenvalue weighted by molar-refractivity contribution is -0.123. The van der Waals surface area contributed by atoms with Crippen LogP contribution in [0.3, 0.4) is 0 Å². The maximum Gasteiger partial charge on any atom is 0.335 e. The van der Waals surface area contributed by atoms with Crippen molar-refractivity contribution in [1.82, 2.24) is 4.90 Å². The van der Waals surface area contributed by atoms with Crippen molar-refractivity contribution >= 4 is 68.3 Å². The average Bonchev–Trinajstić information content (AvgIpc) is 3.20. The highest BCUT2D eigenvalue weighted by Gasteiger charge is 2.35. The number of imide groups is 1. The Morgan fingerprint density at radius 2 is 1.75 bits per heavy atom. The minimum absolute atomic E-state index is 0.200. The number of carboxylic acids is 1. The average molecular weight is 666 g/mol. The van der Waals surface area contributed by atoms with E-state index in [-0.39, 0.29) is 29.9 Å². The van der Waals surface area contributed by atoms with Crippen molar-refractivity contribution < 1.29 is 29.0 Å². The fourth-order valence-electron chi connectivity index (χ4n) is 4.36. The molecule has 4 aromatic rings. The molecule has 1 aliphatic rings. The van der Waals surface area contributed by atoms with Gasteiger partial charge in [-0.05, 0) is 99.1 Å². The van der Waals surface area contributed by atoms with Crippen LogP contribution in [0.1, 0.15) is 34.0 Å². The highest BCUT2D eigenvalue weighted by molar-refractivity contribution is 14.1. The third-order valence-electron chi connectivity index (χ3n) is 6.30. The number of benzene rings is 4. The molecule has 1 fully saturated rings. The zero-order chi connectivity index (χ0) is 28.2. The number of amides is 2. The van der Waals surface area contributed by atoms with E-state index in [0.29, 0.717) is 28.6 Å². The first-order valence-corrected chi connectivity index (χ1v) is 14.4. The Bertz CT molecular complexity index is 1640. The van der Waals surface area contributed by atoms with E-state index in [1.807, 2.05) is 55.5 Å². The highest BCUT2D eigenvalue weighted by Crippen LogP contribution is 2.38. The number of ether oxygens (including phenoxy) is 2. The highest BCUT2D eigenvalue weighted by atomic mass is 127. The summed E-state index contributed by atoms with van der Waals surface area (Å²) in [5, 5.41) is 10.9. The molecule has 0 radical (unpaired) electrons. The molecule has 0 atom stereocenters. The third kappa shape index (κ3) is 6.00. The molecule has 202 valence electrons. The van der Waals surface area contributed by atoms with Crippen molar-refractivity contribution in [2.45, 2.75) is 20.1 Å². The minimum Gasteiger partial charge on any atom is -0.490 e. The van der Waals surface area contributed by atoms with Gasteiger partial charge in [-0.2, -0.15) is 0 Å². The molecule has 0 aliphatic carbocycles. The molecule has 1 N–H and O–H groups in total. The van der Waals surface area contributed by atoms with E-state index in [0.717, 1.165) is 37.2 Å². The van der Waals surface area contributed by atoms with E-state index in [9.17, 15) is 14.4 Å². The van der Waals surface area contributed by atoms with Gasteiger partial charge >= 0.3 is 5.97 Å². The lowest BCUT2D eigenvalue weighted by atomic mass is 10.0. The van der Waals surface area contributed by atoms with Crippen LogP contribution in [0, 0.1) is 3.57 Å². The van der Waals surface area contributed by atoms with Gasteiger partial charge in [-0.1, -0.05) is 54.6 Å². The minimum atomic E-state index is -0.984. The third-order valence-corrected chi connectivity index (χ3v) is 8.00. The summed E-state index contributed by atoms with van der Waals surface area (Å²) in [4.78, 5) is 38.8. The summed E-state index contributed by atoms with van der Waals surface area (Å²) in [5.41, 5.74) is 2.64. The lowest BCUT2D eigenvalue weighted by Crippen LogP contribution is -2.27. The van der Waals surface area contributed by atoms with E-state index in [2.05, 4.69) is 22.6 Å². The van der Waals surface area contributed by atoms with Gasteiger partial charge in [0.05, 0.1) is 27.2 Å². The molecule has 2 amide bonds. The first-order chi connectivity index (χ1) is 19.3. The number of nitrogens with zero attached hydrogens (tertiary/aromatic N) is 1. The second-order valence-electron chi connectivity index (χ2n) is 8.96. The number of fused-ring (bicyclic) bond motifs is 1. The smallest absolute Gasteiger partial charge is 0.335 e. The summed E-state index contributed by atoms with van der Waals surface area (Å²) in [6.07, 6.45) is 1.70. The Labute approximate surface area is 248 Å². The van der Waals surface area contributed by atoms with Crippen LogP contribution in [0.4, 0.5) is 4.79 Å². The number of aromatic carboxylic acids is 1. The quantitative estimate of drug-likeness (QED) is 0.148. The van der Waals surface area contributed by atoms with Gasteiger partial charge in [0, 0.05) is 0 Å². The molecule has 0 unspecified atom stereocenters. The van der Waals surface area contributed by atoms with Crippen LogP contribution >= 0.6 is 34.4 Å². The monoisotopic (exact) mass is 665 g/mol. The number of carbonyl (C=O) groups is 3. The molecule has 0 aromatic heterocycles. The lowest BCUT2D eigenvalue weighted by Gasteiger charge is -2.15. The van der Waals surface area contributed by atoms with Crippen LogP contribution in [0.15, 0.2) is 83.8 Å². The molecule has 4 aromatic carbocycles. The molecule has 1 saturated heterocycles. The predicted octanol–water partition coefficient (Wildman–Crippen LogP) is 7.36. The van der Waals surface area contributed by atoms with Crippen LogP contribution in [-0.2, 0) is 17.9 Å². The van der Waals surface area contributed by atoms with Crippen molar-refractivity contribution in [1.29, 1.82) is 0 Å². The number of halogens is 1. The number of carboxylic acid groups (broad SMARTS) is 1. The maximum atomic E-state index is 13.3. The standard InChI is InChI=1S/C31H24INO6S/c1-2-38-26-15-20(14-25(32)28(26)39-18-19-10-12-22(13-11-19)30(35)36)16-27-29(34)33(31(37)40-27)17-23-8-5-7-21-6-3-4-9-24(21)23/h3-16H,2,17-18H2,1H3,(H,35,36)/b27-16+. The van der Waals surface area contributed by atoms with E-state index < -0.39 is 5.97 Å². The molecule has 5 rings (SSSR count). The summed E-state index contributed by atoms with van der Waals surface area (Å²) >= 11 is 3.07. The second kappa shape index (κ2) is 12.1. The molecule has 9 heteroatoms. The summed E-state index contributed by atoms with van der Waals surface area (Å²) in [6, 6.07) is 23.9. The molecule has 0 saturated carbocycles. The van der Waals surface area contributed by atoms with Gasteiger partial charge in [-0.25, -0.2) is 4.79 Å². The normalized spacial score (nSPS) is 14.2. The zero-order valence-corrected chi connectivity index (χ0v) is 24.4. The first kappa shape index (κ1) is 27.7. The van der Waals surface area contributed by atoms with E-state index in [4.69, 9.17) is 14.6 Å². The Morgan fingerprint density at radius 1 is 1.00 bits per heavy atom. The molecular formula is C31H24INO6S. The van der Waals surface area contributed by atoms with Crippen molar-refractivity contribution in [3.8, 4) is 11.5 Å². The number of hydrogen-bond donors (Lipinski definition) is 1. The van der Waals surface area contributed by atoms with E-state index >= 15 is 0 Å². The van der Waals surface area contributed by atoms with Crippen LogP contribution < -0.4 is 9.47 Å². The Hall–Kier alpha value is -3.83. The molecule has 1 aliphatic heterocycles. The van der Waals surface area contributed by atoms with Crippen LogP contribution in [0.5, 0.6) is 11.5 Å². The molecule has 40 heavy (non-hydrogen) atoms. The molecule has 0 spiro atoms. The van der Waals surface area contributed by atoms with Gasteiger partial charge in [0.2, 0.25) is 0 Å². The largest absolute Gasteiger partial charge is 0.490 e. The van der Waals surface area contributed by atoms with Crippen LogP contribution in [0.25, 0.3) is 16.8 Å². The maximum absolute atomic E-state index is 13.3. The van der Waals surface area contributed by atoms with E-state index in [1.165, 1.54) is 17.0 Å². The SMILES string of the molecule is CCOc1cc(/C=C2/SC(=O)N(Cc3cccc4ccccc34)C2=O)cc(I)c1OCc1ccc(C(=O)O)cc1. The number of carbonyl (C=O) groups excluding carboxylic acids is 2. The Morgan fingerprint density at radius 3 is 2.50 bits per heavy atom. The number of rotatable bonds is 9. The molecule has 0 bridgehead atoms. The van der Waals surface area contributed by atoms with E-state index in [1.54, 1.807) is 24.3 Å². The summed E-state index contributed by atoms with van der Waals surface area (Å²) < 4.78 is 12.7. The fourth-order valence-corrected chi connectivity index (χ4v) is 5.98. The van der Waals surface area contributed by atoms with Gasteiger partial charge in [0.1, 0.15) is 6.61 Å². The van der Waals surface area contributed by atoms with Gasteiger partial charge in [0.15, 0.2) is 11.5 Å². The van der Waals surface area contributed by atoms with Gasteiger partial charge in [-0.3, -0.25) is 14.5 Å². The second-order valence-corrected chi connectivity index (χ2v) is 11.1. The predicted molar refractivity (Wildman–Crippen MR) is 164 cm³/mol. The van der Waals surface area contributed by atoms with Crippen molar-refractivity contribution in [3.63, 3.8) is 0 Å². The van der Waals surface area contributed by atoms with Crippen molar-refractivity contribution in [2.75, 3.05) is 6.61 Å². The van der Waals surface area contributed by atoms with Crippen LogP contribution in [0.2, 0.25) is 0 Å². The van der Waals surface area contributed by atoms with Crippen molar-refractivity contribution in [2.24, 2.45) is 0 Å². The van der Waals surface area contributed by atoms with Gasteiger partial charge in [0.25, 0.3) is 11.1 Å². The zero-order valence-electron chi connectivity index (χ0n) is 21.4. The Balaban J connectivity index is 1.36. The number of hydrogen-bond acceptors (Lipinski definition) is 6. The molecule has 1 heterocycles. The molecule has 7 nitrogen and oxygen atoms in total. The number of thioether (sulfide) groups is 1. The van der Waals surface area contributed by atoms with Crippen LogP contribution in [-0.4, -0.2) is 33.7 Å². The fraction of sp³-hybridized carbons (Fsp3) is 0.129. The van der Waals surface area contributed by atoms with Crippen molar-refractivity contribution in [3.05, 3.63) is 110 Å². The molecular weight excluding hydrogens is 641 g/mol. The summed E-state index contributed by atoms with van der Waals surface area (Å²) in [5.74, 6) is -0.257.